The lowest BCUT2D eigenvalue weighted by Gasteiger charge is -2.31. The molecule has 6 heteroatoms. The summed E-state index contributed by atoms with van der Waals surface area (Å²) in [5.41, 5.74) is 0.142. The molecule has 1 heterocycles. The number of hydrogen-bond acceptors (Lipinski definition) is 6. The SMILES string of the molecule is CCCc1nc(NCC)c(C)c(NC(CC)(CO)CO)n1. The first-order valence-corrected chi connectivity index (χ1v) is 7.67. The predicted octanol–water partition coefficient (Wildman–Crippen LogP) is 1.71. The van der Waals surface area contributed by atoms with Gasteiger partial charge in [-0.15, -0.1) is 0 Å². The Labute approximate surface area is 127 Å². The van der Waals surface area contributed by atoms with E-state index in [2.05, 4.69) is 27.5 Å². The second-order valence-electron chi connectivity index (χ2n) is 5.32. The summed E-state index contributed by atoms with van der Waals surface area (Å²) in [6.07, 6.45) is 2.36. The number of aliphatic hydroxyl groups excluding tert-OH is 2. The number of anilines is 2. The maximum atomic E-state index is 9.59. The van der Waals surface area contributed by atoms with Crippen LogP contribution < -0.4 is 10.6 Å². The van der Waals surface area contributed by atoms with Gasteiger partial charge in [-0.1, -0.05) is 13.8 Å². The van der Waals surface area contributed by atoms with Crippen molar-refractivity contribution in [1.82, 2.24) is 9.97 Å². The smallest absolute Gasteiger partial charge is 0.135 e. The van der Waals surface area contributed by atoms with Gasteiger partial charge in [0, 0.05) is 18.5 Å². The molecule has 4 N–H and O–H groups in total. The number of aryl methyl sites for hydroxylation is 1. The molecule has 0 aliphatic carbocycles. The highest BCUT2D eigenvalue weighted by atomic mass is 16.3. The molecule has 0 atom stereocenters. The van der Waals surface area contributed by atoms with E-state index in [1.165, 1.54) is 0 Å². The molecule has 120 valence electrons. The fourth-order valence-corrected chi connectivity index (χ4v) is 2.05. The molecule has 21 heavy (non-hydrogen) atoms. The minimum Gasteiger partial charge on any atom is -0.394 e. The fraction of sp³-hybridized carbons (Fsp3) is 0.733. The van der Waals surface area contributed by atoms with Crippen LogP contribution in [0, 0.1) is 6.92 Å². The van der Waals surface area contributed by atoms with E-state index in [-0.39, 0.29) is 13.2 Å². The quantitative estimate of drug-likeness (QED) is 0.555. The van der Waals surface area contributed by atoms with Gasteiger partial charge in [-0.2, -0.15) is 0 Å². The van der Waals surface area contributed by atoms with E-state index >= 15 is 0 Å². The normalized spacial score (nSPS) is 11.5. The van der Waals surface area contributed by atoms with Crippen LogP contribution in [0.5, 0.6) is 0 Å². The molecule has 1 rings (SSSR count). The Balaban J connectivity index is 3.19. The van der Waals surface area contributed by atoms with Gasteiger partial charge in [0.15, 0.2) is 0 Å². The van der Waals surface area contributed by atoms with E-state index < -0.39 is 5.54 Å². The van der Waals surface area contributed by atoms with E-state index in [1.54, 1.807) is 0 Å². The van der Waals surface area contributed by atoms with Crippen molar-refractivity contribution in [3.05, 3.63) is 11.4 Å². The molecule has 6 nitrogen and oxygen atoms in total. The van der Waals surface area contributed by atoms with Crippen molar-refractivity contribution < 1.29 is 10.2 Å². The first kappa shape index (κ1) is 17.7. The Hall–Kier alpha value is -1.40. The molecule has 0 aliphatic rings. The van der Waals surface area contributed by atoms with E-state index in [0.29, 0.717) is 12.2 Å². The summed E-state index contributed by atoms with van der Waals surface area (Å²) in [5, 5.41) is 25.6. The van der Waals surface area contributed by atoms with E-state index in [1.807, 2.05) is 20.8 Å². The standard InChI is InChI=1S/C15H28N4O2/c1-5-8-12-17-13(16-7-3)11(4)14(18-12)19-15(6-2,9-20)10-21/h20-21H,5-10H2,1-4H3,(H2,16,17,18,19). The molecule has 0 spiro atoms. The Morgan fingerprint density at radius 1 is 1.05 bits per heavy atom. The van der Waals surface area contributed by atoms with Gasteiger partial charge >= 0.3 is 0 Å². The molecule has 0 fully saturated rings. The van der Waals surface area contributed by atoms with Crippen LogP contribution in [0.3, 0.4) is 0 Å². The second kappa shape index (κ2) is 8.14. The van der Waals surface area contributed by atoms with Crippen LogP contribution in [0.4, 0.5) is 11.6 Å². The van der Waals surface area contributed by atoms with Gasteiger partial charge in [0.25, 0.3) is 0 Å². The van der Waals surface area contributed by atoms with Crippen molar-refractivity contribution in [3.63, 3.8) is 0 Å². The Morgan fingerprint density at radius 2 is 1.67 bits per heavy atom. The Morgan fingerprint density at radius 3 is 2.14 bits per heavy atom. The van der Waals surface area contributed by atoms with Crippen LogP contribution in [0.1, 0.15) is 45.0 Å². The maximum Gasteiger partial charge on any atom is 0.135 e. The molecular formula is C15H28N4O2. The minimum absolute atomic E-state index is 0.150. The summed E-state index contributed by atoms with van der Waals surface area (Å²) in [6, 6.07) is 0. The number of nitrogens with one attached hydrogen (secondary N) is 2. The zero-order valence-corrected chi connectivity index (χ0v) is 13.5. The van der Waals surface area contributed by atoms with E-state index in [0.717, 1.165) is 36.6 Å². The van der Waals surface area contributed by atoms with Gasteiger partial charge in [-0.25, -0.2) is 9.97 Å². The van der Waals surface area contributed by atoms with Gasteiger partial charge in [0.1, 0.15) is 17.5 Å². The highest BCUT2D eigenvalue weighted by Gasteiger charge is 2.28. The fourth-order valence-electron chi connectivity index (χ4n) is 2.05. The van der Waals surface area contributed by atoms with Crippen LogP contribution in [-0.2, 0) is 6.42 Å². The topological polar surface area (TPSA) is 90.3 Å². The van der Waals surface area contributed by atoms with Crippen molar-refractivity contribution >= 4 is 11.6 Å². The first-order chi connectivity index (χ1) is 10.1. The van der Waals surface area contributed by atoms with Gasteiger partial charge in [-0.05, 0) is 26.7 Å². The number of hydrogen-bond donors (Lipinski definition) is 4. The van der Waals surface area contributed by atoms with Gasteiger partial charge < -0.3 is 20.8 Å². The molecule has 0 bridgehead atoms. The third-order valence-electron chi connectivity index (χ3n) is 3.68. The average Bonchev–Trinajstić information content (AvgIpc) is 2.50. The highest BCUT2D eigenvalue weighted by molar-refractivity contribution is 5.58. The molecule has 0 aliphatic heterocycles. The van der Waals surface area contributed by atoms with Crippen LogP contribution in [-0.4, -0.2) is 45.5 Å². The molecule has 0 amide bonds. The molecule has 0 saturated heterocycles. The lowest BCUT2D eigenvalue weighted by molar-refractivity contribution is 0.132. The summed E-state index contributed by atoms with van der Waals surface area (Å²) in [5.74, 6) is 2.25. The van der Waals surface area contributed by atoms with Crippen molar-refractivity contribution in [2.75, 3.05) is 30.4 Å². The lowest BCUT2D eigenvalue weighted by atomic mass is 9.98. The zero-order chi connectivity index (χ0) is 15.9. The molecule has 1 aromatic rings. The third kappa shape index (κ3) is 4.28. The highest BCUT2D eigenvalue weighted by Crippen LogP contribution is 2.25. The summed E-state index contributed by atoms with van der Waals surface area (Å²) in [7, 11) is 0. The number of aromatic nitrogens is 2. The summed E-state index contributed by atoms with van der Waals surface area (Å²) in [6.45, 7) is 8.44. The monoisotopic (exact) mass is 296 g/mol. The van der Waals surface area contributed by atoms with E-state index in [4.69, 9.17) is 0 Å². The summed E-state index contributed by atoms with van der Waals surface area (Å²) in [4.78, 5) is 9.08. The first-order valence-electron chi connectivity index (χ1n) is 7.67. The molecule has 0 aromatic carbocycles. The Bertz CT molecular complexity index is 439. The molecular weight excluding hydrogens is 268 g/mol. The second-order valence-corrected chi connectivity index (χ2v) is 5.32. The van der Waals surface area contributed by atoms with Crippen LogP contribution in [0.2, 0.25) is 0 Å². The summed E-state index contributed by atoms with van der Waals surface area (Å²) < 4.78 is 0. The van der Waals surface area contributed by atoms with Gasteiger partial charge in [0.2, 0.25) is 0 Å². The van der Waals surface area contributed by atoms with Crippen molar-refractivity contribution in [3.8, 4) is 0 Å². The molecule has 1 aromatic heterocycles. The molecule has 0 radical (unpaired) electrons. The van der Waals surface area contributed by atoms with Crippen LogP contribution >= 0.6 is 0 Å². The number of nitrogens with zero attached hydrogens (tertiary/aromatic N) is 2. The average molecular weight is 296 g/mol. The van der Waals surface area contributed by atoms with Crippen LogP contribution in [0.15, 0.2) is 0 Å². The lowest BCUT2D eigenvalue weighted by Crippen LogP contribution is -2.45. The van der Waals surface area contributed by atoms with E-state index in [9.17, 15) is 10.2 Å². The number of rotatable bonds is 9. The number of aliphatic hydroxyl groups is 2. The third-order valence-corrected chi connectivity index (χ3v) is 3.68. The largest absolute Gasteiger partial charge is 0.394 e. The minimum atomic E-state index is -0.758. The zero-order valence-electron chi connectivity index (χ0n) is 13.5. The maximum absolute atomic E-state index is 9.59. The Kier molecular flexibility index (Phi) is 6.84. The van der Waals surface area contributed by atoms with Crippen molar-refractivity contribution in [2.45, 2.75) is 52.5 Å². The molecule has 0 saturated carbocycles. The predicted molar refractivity (Wildman–Crippen MR) is 85.7 cm³/mol. The molecule has 0 unspecified atom stereocenters. The van der Waals surface area contributed by atoms with Gasteiger partial charge in [-0.3, -0.25) is 0 Å². The summed E-state index contributed by atoms with van der Waals surface area (Å²) >= 11 is 0. The van der Waals surface area contributed by atoms with Gasteiger partial charge in [0.05, 0.1) is 18.8 Å². The van der Waals surface area contributed by atoms with Crippen molar-refractivity contribution in [2.24, 2.45) is 0 Å². The van der Waals surface area contributed by atoms with Crippen LogP contribution in [0.25, 0.3) is 0 Å². The van der Waals surface area contributed by atoms with Crippen molar-refractivity contribution in [1.29, 1.82) is 0 Å².